The second kappa shape index (κ2) is 5.81. The largest absolute Gasteiger partial charge is 0.484 e. The summed E-state index contributed by atoms with van der Waals surface area (Å²) in [6, 6.07) is 5.89. The highest BCUT2D eigenvalue weighted by molar-refractivity contribution is 7.15. The lowest BCUT2D eigenvalue weighted by Gasteiger charge is -2.07. The number of nitrogens with zero attached hydrogens (tertiary/aromatic N) is 2. The fraction of sp³-hybridized carbons (Fsp3) is 0.400. The van der Waals surface area contributed by atoms with Crippen LogP contribution in [-0.2, 0) is 4.79 Å². The van der Waals surface area contributed by atoms with Crippen LogP contribution in [0.5, 0.6) is 5.75 Å². The molecule has 1 amide bonds. The van der Waals surface area contributed by atoms with Gasteiger partial charge in [-0.25, -0.2) is 0 Å². The van der Waals surface area contributed by atoms with Crippen molar-refractivity contribution in [3.8, 4) is 5.75 Å². The first-order chi connectivity index (χ1) is 10.1. The van der Waals surface area contributed by atoms with E-state index >= 15 is 0 Å². The highest BCUT2D eigenvalue weighted by Crippen LogP contribution is 2.41. The summed E-state index contributed by atoms with van der Waals surface area (Å²) in [6.07, 6.45) is 2.36. The minimum Gasteiger partial charge on any atom is -0.484 e. The van der Waals surface area contributed by atoms with Crippen molar-refractivity contribution in [1.82, 2.24) is 10.2 Å². The third kappa shape index (κ3) is 3.78. The quantitative estimate of drug-likeness (QED) is 0.922. The van der Waals surface area contributed by atoms with Crippen LogP contribution in [0, 0.1) is 13.8 Å². The number of rotatable bonds is 5. The molecule has 1 aliphatic carbocycles. The van der Waals surface area contributed by atoms with Crippen LogP contribution in [0.1, 0.15) is 34.9 Å². The molecule has 1 heterocycles. The molecule has 6 heteroatoms. The monoisotopic (exact) mass is 303 g/mol. The summed E-state index contributed by atoms with van der Waals surface area (Å²) in [7, 11) is 0. The van der Waals surface area contributed by atoms with Gasteiger partial charge in [0.1, 0.15) is 10.8 Å². The normalized spacial score (nSPS) is 14.0. The number of hydrogen-bond acceptors (Lipinski definition) is 5. The fourth-order valence-corrected chi connectivity index (χ4v) is 3.03. The summed E-state index contributed by atoms with van der Waals surface area (Å²) >= 11 is 1.45. The first-order valence-corrected chi connectivity index (χ1v) is 7.76. The average molecular weight is 303 g/mol. The van der Waals surface area contributed by atoms with Crippen molar-refractivity contribution in [3.05, 3.63) is 34.3 Å². The molecule has 5 nitrogen and oxygen atoms in total. The number of anilines is 1. The molecule has 1 fully saturated rings. The van der Waals surface area contributed by atoms with Crippen LogP contribution in [-0.4, -0.2) is 22.7 Å². The van der Waals surface area contributed by atoms with Gasteiger partial charge in [-0.05, 0) is 49.9 Å². The van der Waals surface area contributed by atoms with E-state index in [0.717, 1.165) is 16.1 Å². The number of amides is 1. The number of aryl methyl sites for hydroxylation is 2. The number of aromatic nitrogens is 2. The average Bonchev–Trinajstić information content (AvgIpc) is 3.17. The Labute approximate surface area is 127 Å². The van der Waals surface area contributed by atoms with E-state index in [9.17, 15) is 4.79 Å². The molecule has 1 N–H and O–H groups in total. The smallest absolute Gasteiger partial charge is 0.264 e. The number of carbonyl (C=O) groups excluding carboxylic acids is 1. The molecule has 0 saturated heterocycles. The Morgan fingerprint density at radius 1 is 1.29 bits per heavy atom. The Balaban J connectivity index is 1.53. The molecule has 1 aliphatic rings. The number of benzene rings is 1. The molecule has 3 rings (SSSR count). The van der Waals surface area contributed by atoms with Gasteiger partial charge in [-0.3, -0.25) is 10.1 Å². The third-order valence-corrected chi connectivity index (χ3v) is 4.18. The number of carbonyl (C=O) groups is 1. The Morgan fingerprint density at radius 2 is 2.00 bits per heavy atom. The Kier molecular flexibility index (Phi) is 3.88. The molecule has 0 unspecified atom stereocenters. The van der Waals surface area contributed by atoms with Crippen LogP contribution in [0.25, 0.3) is 0 Å². The van der Waals surface area contributed by atoms with Crippen molar-refractivity contribution in [2.24, 2.45) is 0 Å². The minimum atomic E-state index is -0.215. The molecule has 1 aromatic heterocycles. The van der Waals surface area contributed by atoms with Crippen LogP contribution in [0.15, 0.2) is 18.2 Å². The zero-order valence-corrected chi connectivity index (χ0v) is 12.9. The van der Waals surface area contributed by atoms with Crippen LogP contribution in [0.3, 0.4) is 0 Å². The predicted octanol–water partition coefficient (Wildman–Crippen LogP) is 3.05. The molecular formula is C15H17N3O2S. The van der Waals surface area contributed by atoms with E-state index in [0.29, 0.717) is 16.8 Å². The Hall–Kier alpha value is -1.95. The van der Waals surface area contributed by atoms with Gasteiger partial charge in [-0.1, -0.05) is 17.4 Å². The first kappa shape index (κ1) is 14.0. The lowest BCUT2D eigenvalue weighted by molar-refractivity contribution is -0.118. The summed E-state index contributed by atoms with van der Waals surface area (Å²) in [5.41, 5.74) is 2.23. The molecule has 0 spiro atoms. The maximum Gasteiger partial charge on any atom is 0.264 e. The fourth-order valence-electron chi connectivity index (χ4n) is 2.10. The lowest BCUT2D eigenvalue weighted by Crippen LogP contribution is -2.20. The van der Waals surface area contributed by atoms with Crippen LogP contribution in [0.2, 0.25) is 0 Å². The molecule has 0 bridgehead atoms. The van der Waals surface area contributed by atoms with E-state index < -0.39 is 0 Å². The van der Waals surface area contributed by atoms with Crippen LogP contribution in [0.4, 0.5) is 5.13 Å². The van der Waals surface area contributed by atoms with E-state index in [1.54, 1.807) is 0 Å². The summed E-state index contributed by atoms with van der Waals surface area (Å²) in [6.45, 7) is 3.97. The zero-order valence-electron chi connectivity index (χ0n) is 12.0. The van der Waals surface area contributed by atoms with Gasteiger partial charge in [0.05, 0.1) is 0 Å². The van der Waals surface area contributed by atoms with E-state index in [1.165, 1.54) is 24.2 Å². The SMILES string of the molecule is Cc1cc(C)cc(OCC(=O)Nc2nnc(C3CC3)s2)c1. The van der Waals surface area contributed by atoms with Gasteiger partial charge < -0.3 is 4.74 Å². The van der Waals surface area contributed by atoms with E-state index in [1.807, 2.05) is 26.0 Å². The van der Waals surface area contributed by atoms with Crippen molar-refractivity contribution in [3.63, 3.8) is 0 Å². The number of ether oxygens (including phenoxy) is 1. The Morgan fingerprint density at radius 3 is 2.67 bits per heavy atom. The van der Waals surface area contributed by atoms with Crippen molar-refractivity contribution >= 4 is 22.4 Å². The highest BCUT2D eigenvalue weighted by Gasteiger charge is 2.27. The van der Waals surface area contributed by atoms with Gasteiger partial charge in [0.2, 0.25) is 5.13 Å². The topological polar surface area (TPSA) is 64.1 Å². The van der Waals surface area contributed by atoms with Crippen molar-refractivity contribution in [1.29, 1.82) is 0 Å². The molecule has 0 radical (unpaired) electrons. The van der Waals surface area contributed by atoms with E-state index in [-0.39, 0.29) is 12.5 Å². The molecule has 1 saturated carbocycles. The summed E-state index contributed by atoms with van der Waals surface area (Å²) in [5.74, 6) is 1.05. The lowest BCUT2D eigenvalue weighted by atomic mass is 10.1. The van der Waals surface area contributed by atoms with E-state index in [2.05, 4.69) is 21.6 Å². The molecule has 2 aromatic rings. The number of hydrogen-bond donors (Lipinski definition) is 1. The highest BCUT2D eigenvalue weighted by atomic mass is 32.1. The Bertz CT molecular complexity index is 644. The maximum atomic E-state index is 11.9. The molecule has 1 aromatic carbocycles. The first-order valence-electron chi connectivity index (χ1n) is 6.94. The maximum absolute atomic E-state index is 11.9. The molecular weight excluding hydrogens is 286 g/mol. The van der Waals surface area contributed by atoms with Crippen molar-refractivity contribution < 1.29 is 9.53 Å². The van der Waals surface area contributed by atoms with E-state index in [4.69, 9.17) is 4.74 Å². The van der Waals surface area contributed by atoms with Crippen LogP contribution >= 0.6 is 11.3 Å². The second-order valence-electron chi connectivity index (χ2n) is 5.38. The van der Waals surface area contributed by atoms with Gasteiger partial charge in [0, 0.05) is 5.92 Å². The van der Waals surface area contributed by atoms with Gasteiger partial charge in [-0.15, -0.1) is 10.2 Å². The molecule has 110 valence electrons. The zero-order chi connectivity index (χ0) is 14.8. The van der Waals surface area contributed by atoms with Gasteiger partial charge >= 0.3 is 0 Å². The molecule has 21 heavy (non-hydrogen) atoms. The van der Waals surface area contributed by atoms with Gasteiger partial charge in [0.15, 0.2) is 6.61 Å². The van der Waals surface area contributed by atoms with Crippen molar-refractivity contribution in [2.45, 2.75) is 32.6 Å². The summed E-state index contributed by atoms with van der Waals surface area (Å²) in [4.78, 5) is 11.9. The molecule has 0 atom stereocenters. The standard InChI is InChI=1S/C15H17N3O2S/c1-9-5-10(2)7-12(6-9)20-8-13(19)16-15-18-17-14(21-15)11-3-4-11/h5-7,11H,3-4,8H2,1-2H3,(H,16,18,19). The second-order valence-corrected chi connectivity index (χ2v) is 6.39. The summed E-state index contributed by atoms with van der Waals surface area (Å²) < 4.78 is 5.51. The van der Waals surface area contributed by atoms with Crippen LogP contribution < -0.4 is 10.1 Å². The van der Waals surface area contributed by atoms with Gasteiger partial charge in [0.25, 0.3) is 5.91 Å². The summed E-state index contributed by atoms with van der Waals surface area (Å²) in [5, 5.41) is 12.4. The minimum absolute atomic E-state index is 0.0266. The third-order valence-electron chi connectivity index (χ3n) is 3.18. The molecule has 0 aliphatic heterocycles. The predicted molar refractivity (Wildman–Crippen MR) is 81.9 cm³/mol. The van der Waals surface area contributed by atoms with Gasteiger partial charge in [-0.2, -0.15) is 0 Å². The van der Waals surface area contributed by atoms with Crippen molar-refractivity contribution in [2.75, 3.05) is 11.9 Å². The number of nitrogens with one attached hydrogen (secondary N) is 1.